The van der Waals surface area contributed by atoms with Crippen LogP contribution in [0.5, 0.6) is 5.75 Å². The van der Waals surface area contributed by atoms with Gasteiger partial charge in [-0.15, -0.1) is 0 Å². The number of hydrogen-bond acceptors (Lipinski definition) is 4. The Bertz CT molecular complexity index is 1220. The van der Waals surface area contributed by atoms with Gasteiger partial charge in [0.15, 0.2) is 0 Å². The first-order chi connectivity index (χ1) is 14.5. The third kappa shape index (κ3) is 5.05. The molecule has 0 fully saturated rings. The fourth-order valence-electron chi connectivity index (χ4n) is 3.01. The first-order valence-corrected chi connectivity index (χ1v) is 10.4. The average molecular weight is 450 g/mol. The Labute approximate surface area is 176 Å². The van der Waals surface area contributed by atoms with Gasteiger partial charge in [0.1, 0.15) is 5.75 Å². The van der Waals surface area contributed by atoms with E-state index in [2.05, 4.69) is 0 Å². The second kappa shape index (κ2) is 8.43. The minimum absolute atomic E-state index is 0.0839. The molecule has 5 nitrogen and oxygen atoms in total. The molecular formula is C22H17F3O5S. The Morgan fingerprint density at radius 2 is 1.61 bits per heavy atom. The van der Waals surface area contributed by atoms with Gasteiger partial charge in [-0.25, -0.2) is 8.42 Å². The maximum atomic E-state index is 13.2. The van der Waals surface area contributed by atoms with E-state index >= 15 is 0 Å². The Balaban J connectivity index is 2.03. The van der Waals surface area contributed by atoms with Crippen molar-refractivity contribution in [3.05, 3.63) is 77.9 Å². The maximum Gasteiger partial charge on any atom is 0.416 e. The van der Waals surface area contributed by atoms with E-state index in [0.29, 0.717) is 11.1 Å². The molecule has 0 bridgehead atoms. The summed E-state index contributed by atoms with van der Waals surface area (Å²) in [5.41, 5.74) is 0.289. The second-order valence-corrected chi connectivity index (χ2v) is 8.64. The van der Waals surface area contributed by atoms with Crippen LogP contribution in [0.2, 0.25) is 0 Å². The number of carboxylic acid groups (broad SMARTS) is 1. The van der Waals surface area contributed by atoms with Crippen LogP contribution < -0.4 is 4.74 Å². The van der Waals surface area contributed by atoms with Gasteiger partial charge in [-0.05, 0) is 59.2 Å². The highest BCUT2D eigenvalue weighted by Crippen LogP contribution is 2.32. The summed E-state index contributed by atoms with van der Waals surface area (Å²) in [7, 11) is -2.71. The van der Waals surface area contributed by atoms with E-state index in [1.807, 2.05) is 0 Å². The number of rotatable bonds is 6. The van der Waals surface area contributed by atoms with Crippen molar-refractivity contribution < 1.29 is 36.2 Å². The third-order valence-electron chi connectivity index (χ3n) is 4.53. The van der Waals surface area contributed by atoms with E-state index in [-0.39, 0.29) is 27.5 Å². The average Bonchev–Trinajstić information content (AvgIpc) is 2.72. The molecule has 0 amide bonds. The Kier molecular flexibility index (Phi) is 6.08. The molecule has 1 N–H and O–H groups in total. The van der Waals surface area contributed by atoms with Crippen molar-refractivity contribution in [2.45, 2.75) is 22.4 Å². The molecule has 9 heteroatoms. The highest BCUT2D eigenvalue weighted by atomic mass is 32.2. The number of carbonyl (C=O) groups is 1. The van der Waals surface area contributed by atoms with Gasteiger partial charge in [0, 0.05) is 0 Å². The lowest BCUT2D eigenvalue weighted by molar-refractivity contribution is -0.138. The van der Waals surface area contributed by atoms with Crippen molar-refractivity contribution in [3.8, 4) is 16.9 Å². The molecule has 3 aromatic carbocycles. The molecule has 0 radical (unpaired) electrons. The Hall–Kier alpha value is -3.33. The topological polar surface area (TPSA) is 80.7 Å². The largest absolute Gasteiger partial charge is 0.497 e. The van der Waals surface area contributed by atoms with Crippen LogP contribution in [0.1, 0.15) is 11.1 Å². The molecule has 0 atom stereocenters. The number of alkyl halides is 3. The Morgan fingerprint density at radius 1 is 0.935 bits per heavy atom. The number of carboxylic acids is 1. The quantitative estimate of drug-likeness (QED) is 0.581. The van der Waals surface area contributed by atoms with E-state index in [1.54, 1.807) is 6.07 Å². The van der Waals surface area contributed by atoms with E-state index in [9.17, 15) is 26.4 Å². The maximum absolute atomic E-state index is 13.2. The van der Waals surface area contributed by atoms with Crippen molar-refractivity contribution in [1.29, 1.82) is 0 Å². The van der Waals surface area contributed by atoms with Crippen molar-refractivity contribution in [2.75, 3.05) is 7.11 Å². The summed E-state index contributed by atoms with van der Waals surface area (Å²) in [4.78, 5) is 10.8. The summed E-state index contributed by atoms with van der Waals surface area (Å²) in [5.74, 6) is -0.933. The van der Waals surface area contributed by atoms with Crippen molar-refractivity contribution >= 4 is 15.8 Å². The van der Waals surface area contributed by atoms with Crippen molar-refractivity contribution in [3.63, 3.8) is 0 Å². The summed E-state index contributed by atoms with van der Waals surface area (Å²) >= 11 is 0. The molecule has 31 heavy (non-hydrogen) atoms. The number of hydrogen-bond donors (Lipinski definition) is 1. The summed E-state index contributed by atoms with van der Waals surface area (Å²) in [6.45, 7) is 0. The molecule has 162 valence electrons. The minimum atomic E-state index is -4.47. The van der Waals surface area contributed by atoms with Crippen LogP contribution in [0.3, 0.4) is 0 Å². The lowest BCUT2D eigenvalue weighted by Crippen LogP contribution is -2.06. The molecule has 0 heterocycles. The molecule has 0 aromatic heterocycles. The second-order valence-electron chi connectivity index (χ2n) is 6.69. The molecule has 0 aliphatic heterocycles. The van der Waals surface area contributed by atoms with Gasteiger partial charge in [-0.2, -0.15) is 13.2 Å². The monoisotopic (exact) mass is 450 g/mol. The van der Waals surface area contributed by atoms with Gasteiger partial charge in [0.25, 0.3) is 0 Å². The highest BCUT2D eigenvalue weighted by molar-refractivity contribution is 7.91. The van der Waals surface area contributed by atoms with E-state index in [1.165, 1.54) is 55.6 Å². The van der Waals surface area contributed by atoms with Gasteiger partial charge in [-0.1, -0.05) is 24.3 Å². The predicted molar refractivity (Wildman–Crippen MR) is 107 cm³/mol. The Morgan fingerprint density at radius 3 is 2.19 bits per heavy atom. The fourth-order valence-corrected chi connectivity index (χ4v) is 4.40. The molecule has 0 saturated heterocycles. The van der Waals surface area contributed by atoms with Crippen molar-refractivity contribution in [2.24, 2.45) is 0 Å². The zero-order valence-corrected chi connectivity index (χ0v) is 17.0. The predicted octanol–water partition coefficient (Wildman–Crippen LogP) is 4.84. The summed E-state index contributed by atoms with van der Waals surface area (Å²) < 4.78 is 69.7. The van der Waals surface area contributed by atoms with Crippen LogP contribution in [-0.4, -0.2) is 26.6 Å². The first-order valence-electron chi connectivity index (χ1n) is 8.93. The fraction of sp³-hybridized carbons (Fsp3) is 0.136. The number of methoxy groups -OCH3 is 1. The van der Waals surface area contributed by atoms with E-state index in [0.717, 1.165) is 12.1 Å². The molecule has 0 aliphatic carbocycles. The van der Waals surface area contributed by atoms with Crippen LogP contribution in [0, 0.1) is 0 Å². The molecule has 0 spiro atoms. The van der Waals surface area contributed by atoms with Gasteiger partial charge in [0.05, 0.1) is 28.9 Å². The van der Waals surface area contributed by atoms with Gasteiger partial charge in [0.2, 0.25) is 9.84 Å². The smallest absolute Gasteiger partial charge is 0.416 e. The zero-order valence-electron chi connectivity index (χ0n) is 16.2. The van der Waals surface area contributed by atoms with E-state index < -0.39 is 27.5 Å². The molecule has 0 aliphatic rings. The lowest BCUT2D eigenvalue weighted by Gasteiger charge is -2.11. The molecular weight excluding hydrogens is 433 g/mol. The molecule has 0 saturated carbocycles. The van der Waals surface area contributed by atoms with Crippen LogP contribution in [-0.2, 0) is 27.2 Å². The van der Waals surface area contributed by atoms with Gasteiger partial charge < -0.3 is 9.84 Å². The highest BCUT2D eigenvalue weighted by Gasteiger charge is 2.30. The normalized spacial score (nSPS) is 11.9. The molecule has 3 rings (SSSR count). The van der Waals surface area contributed by atoms with Crippen LogP contribution in [0.4, 0.5) is 13.2 Å². The van der Waals surface area contributed by atoms with Crippen LogP contribution >= 0.6 is 0 Å². The van der Waals surface area contributed by atoms with Crippen molar-refractivity contribution in [1.82, 2.24) is 0 Å². The van der Waals surface area contributed by atoms with Crippen LogP contribution in [0.25, 0.3) is 11.1 Å². The number of sulfone groups is 1. The van der Waals surface area contributed by atoms with E-state index in [4.69, 9.17) is 9.84 Å². The lowest BCUT2D eigenvalue weighted by atomic mass is 10.0. The molecule has 3 aromatic rings. The minimum Gasteiger partial charge on any atom is -0.497 e. The first kappa shape index (κ1) is 22.4. The standard InChI is InChI=1S/C22H17F3O5S/c1-30-18-9-14(11-21(26)27)10-20(13-18)31(28,29)19-4-2-3-16(12-19)15-5-7-17(8-6-15)22(23,24)25/h2-10,12-13H,11H2,1H3,(H,26,27). The van der Waals surface area contributed by atoms with Gasteiger partial charge >= 0.3 is 12.1 Å². The zero-order chi connectivity index (χ0) is 22.8. The number of aliphatic carboxylic acids is 1. The molecule has 0 unspecified atom stereocenters. The third-order valence-corrected chi connectivity index (χ3v) is 6.26. The SMILES string of the molecule is COc1cc(CC(=O)O)cc(S(=O)(=O)c2cccc(-c3ccc(C(F)(F)F)cc3)c2)c1. The summed E-state index contributed by atoms with van der Waals surface area (Å²) in [5, 5.41) is 9.01. The number of benzene rings is 3. The summed E-state index contributed by atoms with van der Waals surface area (Å²) in [6, 6.07) is 14.2. The number of halogens is 3. The number of ether oxygens (including phenoxy) is 1. The summed E-state index contributed by atoms with van der Waals surface area (Å²) in [6.07, 6.45) is -4.85. The van der Waals surface area contributed by atoms with Crippen LogP contribution in [0.15, 0.2) is 76.5 Å². The van der Waals surface area contributed by atoms with Gasteiger partial charge in [-0.3, -0.25) is 4.79 Å².